The van der Waals surface area contributed by atoms with E-state index in [0.29, 0.717) is 6.29 Å². The Hall–Kier alpha value is -1.65. The van der Waals surface area contributed by atoms with Crippen LogP contribution in [0.4, 0.5) is 13.2 Å². The van der Waals surface area contributed by atoms with E-state index < -0.39 is 17.5 Å². The molecule has 1 aromatic rings. The molecule has 86 valence electrons. The van der Waals surface area contributed by atoms with Crippen molar-refractivity contribution in [2.75, 3.05) is 0 Å². The molecule has 1 aromatic carbocycles. The van der Waals surface area contributed by atoms with Gasteiger partial charge in [0.25, 0.3) is 0 Å². The number of rotatable bonds is 2. The molecule has 5 heteroatoms. The molecule has 0 saturated carbocycles. The number of hydrogen-bond acceptors (Lipinski definition) is 2. The molecule has 0 fully saturated rings. The molecule has 0 radical (unpaired) electrons. The van der Waals surface area contributed by atoms with Crippen molar-refractivity contribution in [3.8, 4) is 0 Å². The first-order valence-electron chi connectivity index (χ1n) is 4.45. The Balaban J connectivity index is 3.54. The van der Waals surface area contributed by atoms with Crippen LogP contribution in [0.5, 0.6) is 0 Å². The fourth-order valence-electron chi connectivity index (χ4n) is 1.36. The van der Waals surface area contributed by atoms with E-state index in [9.17, 15) is 22.8 Å². The lowest BCUT2D eigenvalue weighted by atomic mass is 9.97. The standard InChI is InChI=1S/C11H9F3O2/c1-6-9(5-15)3-8(7(2)16)4-10(6)11(12,13)14/h3-5H,1-2H3. The number of Topliss-reactive ketones (excluding diaryl/α,β-unsaturated/α-hetero) is 1. The third kappa shape index (κ3) is 2.29. The molecule has 0 amide bonds. The van der Waals surface area contributed by atoms with Crippen molar-refractivity contribution in [2.24, 2.45) is 0 Å². The molecule has 0 aliphatic carbocycles. The van der Waals surface area contributed by atoms with Crippen LogP contribution >= 0.6 is 0 Å². The largest absolute Gasteiger partial charge is 0.416 e. The summed E-state index contributed by atoms with van der Waals surface area (Å²) in [5.74, 6) is -0.506. The molecule has 16 heavy (non-hydrogen) atoms. The number of hydrogen-bond donors (Lipinski definition) is 0. The number of aldehydes is 1. The van der Waals surface area contributed by atoms with E-state index in [1.54, 1.807) is 0 Å². The number of ketones is 1. The number of benzene rings is 1. The van der Waals surface area contributed by atoms with Crippen molar-refractivity contribution in [3.63, 3.8) is 0 Å². The van der Waals surface area contributed by atoms with E-state index in [4.69, 9.17) is 0 Å². The maximum atomic E-state index is 12.6. The number of carbonyl (C=O) groups is 2. The quantitative estimate of drug-likeness (QED) is 0.578. The molecular weight excluding hydrogens is 221 g/mol. The van der Waals surface area contributed by atoms with E-state index in [2.05, 4.69) is 0 Å². The Morgan fingerprint density at radius 1 is 1.31 bits per heavy atom. The van der Waals surface area contributed by atoms with Gasteiger partial charge in [-0.1, -0.05) is 0 Å². The van der Waals surface area contributed by atoms with Crippen LogP contribution in [0.1, 0.15) is 38.8 Å². The summed E-state index contributed by atoms with van der Waals surface area (Å²) in [7, 11) is 0. The van der Waals surface area contributed by atoms with Gasteiger partial charge in [-0.15, -0.1) is 0 Å². The van der Waals surface area contributed by atoms with Gasteiger partial charge < -0.3 is 0 Å². The van der Waals surface area contributed by atoms with Gasteiger partial charge in [-0.3, -0.25) is 9.59 Å². The predicted octanol–water partition coefficient (Wildman–Crippen LogP) is 3.03. The van der Waals surface area contributed by atoms with Crippen LogP contribution in [0, 0.1) is 6.92 Å². The molecule has 0 spiro atoms. The number of carbonyl (C=O) groups excluding carboxylic acids is 2. The Bertz CT molecular complexity index is 447. The highest BCUT2D eigenvalue weighted by atomic mass is 19.4. The fourth-order valence-corrected chi connectivity index (χ4v) is 1.36. The van der Waals surface area contributed by atoms with E-state index >= 15 is 0 Å². The zero-order valence-electron chi connectivity index (χ0n) is 8.68. The molecule has 0 N–H and O–H groups in total. The van der Waals surface area contributed by atoms with Crippen molar-refractivity contribution in [3.05, 3.63) is 34.4 Å². The van der Waals surface area contributed by atoms with Gasteiger partial charge in [-0.05, 0) is 31.5 Å². The van der Waals surface area contributed by atoms with Crippen LogP contribution in [0.3, 0.4) is 0 Å². The summed E-state index contributed by atoms with van der Waals surface area (Å²) in [5, 5.41) is 0. The minimum absolute atomic E-state index is 0.111. The van der Waals surface area contributed by atoms with Gasteiger partial charge in [0.1, 0.15) is 6.29 Å². The van der Waals surface area contributed by atoms with Gasteiger partial charge in [-0.25, -0.2) is 0 Å². The summed E-state index contributed by atoms with van der Waals surface area (Å²) in [6.45, 7) is 2.36. The predicted molar refractivity (Wildman–Crippen MR) is 51.6 cm³/mol. The molecule has 0 aliphatic heterocycles. The van der Waals surface area contributed by atoms with E-state index in [1.807, 2.05) is 0 Å². The van der Waals surface area contributed by atoms with Crippen molar-refractivity contribution < 1.29 is 22.8 Å². The van der Waals surface area contributed by atoms with E-state index in [0.717, 1.165) is 13.0 Å². The molecule has 0 atom stereocenters. The molecule has 0 aliphatic rings. The molecule has 0 bridgehead atoms. The first kappa shape index (κ1) is 12.4. The smallest absolute Gasteiger partial charge is 0.298 e. The second-order valence-electron chi connectivity index (χ2n) is 3.41. The minimum atomic E-state index is -4.56. The summed E-state index contributed by atoms with van der Waals surface area (Å²) in [6.07, 6.45) is -4.25. The number of alkyl halides is 3. The second-order valence-corrected chi connectivity index (χ2v) is 3.41. The maximum Gasteiger partial charge on any atom is 0.416 e. The van der Waals surface area contributed by atoms with Crippen LogP contribution < -0.4 is 0 Å². The molecule has 2 nitrogen and oxygen atoms in total. The lowest BCUT2D eigenvalue weighted by molar-refractivity contribution is -0.138. The molecule has 0 unspecified atom stereocenters. The topological polar surface area (TPSA) is 34.1 Å². The highest BCUT2D eigenvalue weighted by Crippen LogP contribution is 2.33. The molecule has 0 aromatic heterocycles. The van der Waals surface area contributed by atoms with Crippen molar-refractivity contribution in [2.45, 2.75) is 20.0 Å². The summed E-state index contributed by atoms with van der Waals surface area (Å²) in [6, 6.07) is 1.94. The zero-order chi connectivity index (χ0) is 12.5. The minimum Gasteiger partial charge on any atom is -0.298 e. The van der Waals surface area contributed by atoms with Gasteiger partial charge in [-0.2, -0.15) is 13.2 Å². The third-order valence-corrected chi connectivity index (χ3v) is 2.29. The first-order chi connectivity index (χ1) is 7.27. The van der Waals surface area contributed by atoms with Crippen LogP contribution in [0.25, 0.3) is 0 Å². The van der Waals surface area contributed by atoms with Crippen LogP contribution in [0.15, 0.2) is 12.1 Å². The van der Waals surface area contributed by atoms with Gasteiger partial charge in [0.05, 0.1) is 5.56 Å². The SMILES string of the molecule is CC(=O)c1cc(C=O)c(C)c(C(F)(F)F)c1. The lowest BCUT2D eigenvalue weighted by Crippen LogP contribution is -2.11. The maximum absolute atomic E-state index is 12.6. The van der Waals surface area contributed by atoms with Gasteiger partial charge >= 0.3 is 6.18 Å². The molecule has 0 heterocycles. The van der Waals surface area contributed by atoms with Gasteiger partial charge in [0, 0.05) is 11.1 Å². The second kappa shape index (κ2) is 4.08. The van der Waals surface area contributed by atoms with Crippen molar-refractivity contribution in [1.29, 1.82) is 0 Å². The first-order valence-corrected chi connectivity index (χ1v) is 4.45. The highest BCUT2D eigenvalue weighted by Gasteiger charge is 2.33. The normalized spacial score (nSPS) is 11.3. The van der Waals surface area contributed by atoms with E-state index in [1.165, 1.54) is 13.0 Å². The Kier molecular flexibility index (Phi) is 3.16. The molecule has 1 rings (SSSR count). The highest BCUT2D eigenvalue weighted by molar-refractivity contribution is 5.96. The average molecular weight is 230 g/mol. The van der Waals surface area contributed by atoms with Crippen molar-refractivity contribution >= 4 is 12.1 Å². The average Bonchev–Trinajstić information content (AvgIpc) is 2.15. The Morgan fingerprint density at radius 3 is 2.25 bits per heavy atom. The van der Waals surface area contributed by atoms with E-state index in [-0.39, 0.29) is 16.7 Å². The summed E-state index contributed by atoms with van der Waals surface area (Å²) >= 11 is 0. The summed E-state index contributed by atoms with van der Waals surface area (Å²) in [5.41, 5.74) is -1.32. The Labute approximate surface area is 90.1 Å². The fraction of sp³-hybridized carbons (Fsp3) is 0.273. The van der Waals surface area contributed by atoms with Crippen LogP contribution in [-0.4, -0.2) is 12.1 Å². The summed E-state index contributed by atoms with van der Waals surface area (Å²) in [4.78, 5) is 21.6. The van der Waals surface area contributed by atoms with Gasteiger partial charge in [0.15, 0.2) is 5.78 Å². The Morgan fingerprint density at radius 2 is 1.88 bits per heavy atom. The zero-order valence-corrected chi connectivity index (χ0v) is 8.68. The third-order valence-electron chi connectivity index (χ3n) is 2.29. The molecular formula is C11H9F3O2. The van der Waals surface area contributed by atoms with Crippen LogP contribution in [0.2, 0.25) is 0 Å². The van der Waals surface area contributed by atoms with Crippen LogP contribution in [-0.2, 0) is 6.18 Å². The molecule has 0 saturated heterocycles. The van der Waals surface area contributed by atoms with Gasteiger partial charge in [0.2, 0.25) is 0 Å². The summed E-state index contributed by atoms with van der Waals surface area (Å²) < 4.78 is 37.7. The monoisotopic (exact) mass is 230 g/mol. The lowest BCUT2D eigenvalue weighted by Gasteiger charge is -2.13. The van der Waals surface area contributed by atoms with Crippen molar-refractivity contribution in [1.82, 2.24) is 0 Å². The number of halogens is 3.